The van der Waals surface area contributed by atoms with E-state index in [0.29, 0.717) is 0 Å². The summed E-state index contributed by atoms with van der Waals surface area (Å²) in [5.74, 6) is 0. The summed E-state index contributed by atoms with van der Waals surface area (Å²) in [6.07, 6.45) is 1.40. The van der Waals surface area contributed by atoms with Crippen LogP contribution in [0, 0.1) is 29.6 Å². The molecular formula is C14H10N4S. The van der Waals surface area contributed by atoms with Gasteiger partial charge in [-0.1, -0.05) is 12.1 Å². The lowest BCUT2D eigenvalue weighted by molar-refractivity contribution is 1.35. The van der Waals surface area contributed by atoms with Gasteiger partial charge in [0.15, 0.2) is 0 Å². The highest BCUT2D eigenvalue weighted by molar-refractivity contribution is 7.09. The van der Waals surface area contributed by atoms with Gasteiger partial charge in [-0.15, -0.1) is 0 Å². The van der Waals surface area contributed by atoms with Crippen LogP contribution in [0.5, 0.6) is 0 Å². The summed E-state index contributed by atoms with van der Waals surface area (Å²) in [6.45, 7) is 1.96. The number of nitriles is 2. The Morgan fingerprint density at radius 1 is 1.32 bits per heavy atom. The Bertz CT molecular complexity index is 685. The molecule has 1 N–H and O–H groups in total. The van der Waals surface area contributed by atoms with Crippen LogP contribution in [0.25, 0.3) is 10.4 Å². The van der Waals surface area contributed by atoms with Gasteiger partial charge in [0, 0.05) is 11.9 Å². The largest absolute Gasteiger partial charge is 0.360 e. The van der Waals surface area contributed by atoms with Gasteiger partial charge in [-0.3, -0.25) is 0 Å². The van der Waals surface area contributed by atoms with E-state index in [1.54, 1.807) is 12.1 Å². The minimum absolute atomic E-state index is 0.0408. The zero-order chi connectivity index (χ0) is 13.7. The molecule has 0 aliphatic carbocycles. The number of nitrogens with zero attached hydrogens (tertiary/aromatic N) is 3. The Hall–Kier alpha value is -2.63. The topological polar surface area (TPSA) is 72.5 Å². The van der Waals surface area contributed by atoms with E-state index in [0.717, 1.165) is 21.8 Å². The quantitative estimate of drug-likeness (QED) is 0.863. The second-order valence-corrected chi connectivity index (χ2v) is 4.64. The summed E-state index contributed by atoms with van der Waals surface area (Å²) in [5.41, 5.74) is 2.92. The third-order valence-corrected chi connectivity index (χ3v) is 3.33. The van der Waals surface area contributed by atoms with Crippen LogP contribution in [0.2, 0.25) is 0 Å². The molecular weight excluding hydrogens is 256 g/mol. The maximum absolute atomic E-state index is 8.65. The second-order valence-electron chi connectivity index (χ2n) is 3.84. The molecule has 19 heavy (non-hydrogen) atoms. The summed E-state index contributed by atoms with van der Waals surface area (Å²) >= 11 is 1.45. The summed E-state index contributed by atoms with van der Waals surface area (Å²) in [5, 5.41) is 20.2. The van der Waals surface area contributed by atoms with Crippen LogP contribution < -0.4 is 5.32 Å². The van der Waals surface area contributed by atoms with Gasteiger partial charge >= 0.3 is 0 Å². The van der Waals surface area contributed by atoms with E-state index in [-0.39, 0.29) is 5.57 Å². The lowest BCUT2D eigenvalue weighted by atomic mass is 10.1. The summed E-state index contributed by atoms with van der Waals surface area (Å²) in [6, 6.07) is 13.4. The fraction of sp³-hybridized carbons (Fsp3) is 0.0714. The van der Waals surface area contributed by atoms with Crippen molar-refractivity contribution in [3.8, 4) is 22.6 Å². The first-order valence-electron chi connectivity index (χ1n) is 5.53. The molecule has 2 rings (SSSR count). The van der Waals surface area contributed by atoms with Crippen LogP contribution in [0.4, 0.5) is 5.69 Å². The molecule has 0 saturated heterocycles. The van der Waals surface area contributed by atoms with Crippen molar-refractivity contribution in [1.29, 1.82) is 10.5 Å². The van der Waals surface area contributed by atoms with Gasteiger partial charge < -0.3 is 5.32 Å². The number of aromatic nitrogens is 1. The number of nitrogens with one attached hydrogen (secondary N) is 1. The molecule has 0 saturated carbocycles. The van der Waals surface area contributed by atoms with Crippen molar-refractivity contribution in [2.75, 3.05) is 5.32 Å². The van der Waals surface area contributed by atoms with E-state index in [4.69, 9.17) is 10.5 Å². The zero-order valence-electron chi connectivity index (χ0n) is 10.2. The van der Waals surface area contributed by atoms with Gasteiger partial charge in [-0.2, -0.15) is 14.9 Å². The Morgan fingerprint density at radius 3 is 2.74 bits per heavy atom. The fourth-order valence-electron chi connectivity index (χ4n) is 1.51. The van der Waals surface area contributed by atoms with Crippen molar-refractivity contribution in [3.05, 3.63) is 47.8 Å². The first-order chi connectivity index (χ1) is 9.22. The fourth-order valence-corrected chi connectivity index (χ4v) is 2.26. The molecule has 0 amide bonds. The molecule has 1 aromatic heterocycles. The van der Waals surface area contributed by atoms with E-state index in [1.807, 2.05) is 37.3 Å². The van der Waals surface area contributed by atoms with E-state index in [1.165, 1.54) is 17.7 Å². The molecule has 5 heteroatoms. The van der Waals surface area contributed by atoms with E-state index in [2.05, 4.69) is 9.69 Å². The lowest BCUT2D eigenvalue weighted by Crippen LogP contribution is -1.89. The SMILES string of the molecule is Cc1cc(-c2cccc(NC=C(C#N)C#N)c2)sn1. The normalized spacial score (nSPS) is 9.21. The average Bonchev–Trinajstić information content (AvgIpc) is 2.87. The van der Waals surface area contributed by atoms with Crippen LogP contribution in [0.1, 0.15) is 5.69 Å². The van der Waals surface area contributed by atoms with Crippen molar-refractivity contribution < 1.29 is 0 Å². The highest BCUT2D eigenvalue weighted by Crippen LogP contribution is 2.26. The van der Waals surface area contributed by atoms with Gasteiger partial charge in [-0.25, -0.2) is 0 Å². The van der Waals surface area contributed by atoms with Crippen molar-refractivity contribution in [2.45, 2.75) is 6.92 Å². The van der Waals surface area contributed by atoms with Gasteiger partial charge in [0.1, 0.15) is 17.7 Å². The number of rotatable bonds is 3. The molecule has 0 radical (unpaired) electrons. The number of aryl methyl sites for hydroxylation is 1. The van der Waals surface area contributed by atoms with Crippen molar-refractivity contribution in [1.82, 2.24) is 4.37 Å². The number of allylic oxidation sites excluding steroid dienone is 1. The van der Waals surface area contributed by atoms with Crippen LogP contribution >= 0.6 is 11.5 Å². The molecule has 1 aromatic carbocycles. The Balaban J connectivity index is 2.24. The Labute approximate surface area is 115 Å². The number of anilines is 1. The molecule has 0 bridgehead atoms. The smallest absolute Gasteiger partial charge is 0.145 e. The number of benzene rings is 1. The first-order valence-corrected chi connectivity index (χ1v) is 6.31. The van der Waals surface area contributed by atoms with Gasteiger partial charge in [0.05, 0.1) is 10.6 Å². The van der Waals surface area contributed by atoms with Gasteiger partial charge in [0.2, 0.25) is 0 Å². The molecule has 92 valence electrons. The lowest BCUT2D eigenvalue weighted by Gasteiger charge is -2.03. The molecule has 0 atom stereocenters. The van der Waals surface area contributed by atoms with Crippen LogP contribution in [-0.4, -0.2) is 4.37 Å². The molecule has 2 aromatic rings. The maximum Gasteiger partial charge on any atom is 0.145 e. The van der Waals surface area contributed by atoms with Crippen molar-refractivity contribution >= 4 is 17.2 Å². The van der Waals surface area contributed by atoms with E-state index in [9.17, 15) is 0 Å². The Kier molecular flexibility index (Phi) is 3.92. The average molecular weight is 266 g/mol. The van der Waals surface area contributed by atoms with E-state index < -0.39 is 0 Å². The van der Waals surface area contributed by atoms with Crippen molar-refractivity contribution in [3.63, 3.8) is 0 Å². The van der Waals surface area contributed by atoms with Crippen molar-refractivity contribution in [2.24, 2.45) is 0 Å². The minimum atomic E-state index is 0.0408. The van der Waals surface area contributed by atoms with Crippen LogP contribution in [0.3, 0.4) is 0 Å². The predicted molar refractivity (Wildman–Crippen MR) is 75.2 cm³/mol. The summed E-state index contributed by atoms with van der Waals surface area (Å²) in [4.78, 5) is 1.09. The van der Waals surface area contributed by atoms with Gasteiger partial charge in [0.25, 0.3) is 0 Å². The van der Waals surface area contributed by atoms with Gasteiger partial charge in [-0.05, 0) is 42.2 Å². The highest BCUT2D eigenvalue weighted by Gasteiger charge is 2.02. The highest BCUT2D eigenvalue weighted by atomic mass is 32.1. The molecule has 0 spiro atoms. The van der Waals surface area contributed by atoms with E-state index >= 15 is 0 Å². The molecule has 0 aliphatic heterocycles. The molecule has 1 heterocycles. The first kappa shape index (κ1) is 12.8. The Morgan fingerprint density at radius 2 is 2.11 bits per heavy atom. The second kappa shape index (κ2) is 5.81. The third-order valence-electron chi connectivity index (χ3n) is 2.40. The number of hydrogen-bond acceptors (Lipinski definition) is 5. The zero-order valence-corrected chi connectivity index (χ0v) is 11.0. The molecule has 0 unspecified atom stereocenters. The number of hydrogen-bond donors (Lipinski definition) is 1. The molecule has 0 fully saturated rings. The molecule has 4 nitrogen and oxygen atoms in total. The third kappa shape index (κ3) is 3.19. The molecule has 0 aliphatic rings. The maximum atomic E-state index is 8.65. The standard InChI is InChI=1S/C14H10N4S/c1-10-5-14(19-18-10)12-3-2-4-13(6-12)17-9-11(7-15)8-16/h2-6,9,17H,1H3. The van der Waals surface area contributed by atoms with Crippen LogP contribution in [0.15, 0.2) is 42.1 Å². The minimum Gasteiger partial charge on any atom is -0.360 e. The van der Waals surface area contributed by atoms with Crippen LogP contribution in [-0.2, 0) is 0 Å². The summed E-state index contributed by atoms with van der Waals surface area (Å²) in [7, 11) is 0. The monoisotopic (exact) mass is 266 g/mol. The summed E-state index contributed by atoms with van der Waals surface area (Å²) < 4.78 is 4.25. The predicted octanol–water partition coefficient (Wildman–Crippen LogP) is 3.46.